The first kappa shape index (κ1) is 24.3. The molecule has 0 radical (unpaired) electrons. The van der Waals surface area contributed by atoms with Crippen LogP contribution in [0, 0.1) is 0 Å². The van der Waals surface area contributed by atoms with Gasteiger partial charge in [0.05, 0.1) is 20.8 Å². The first-order chi connectivity index (χ1) is 12.0. The van der Waals surface area contributed by atoms with Crippen molar-refractivity contribution in [1.29, 1.82) is 0 Å². The van der Waals surface area contributed by atoms with Crippen molar-refractivity contribution in [3.63, 3.8) is 0 Å². The molecule has 7 nitrogen and oxygen atoms in total. The molecule has 0 saturated carbocycles. The summed E-state index contributed by atoms with van der Waals surface area (Å²) in [5.74, 6) is 2.16. The maximum atomic E-state index is 11.7. The molecule has 1 amide bonds. The molecule has 0 heterocycles. The lowest BCUT2D eigenvalue weighted by molar-refractivity contribution is -0.121. The number of nitrogens with one attached hydrogen (secondary N) is 3. The molecule has 0 fully saturated rings. The highest BCUT2D eigenvalue weighted by atomic mass is 127. The van der Waals surface area contributed by atoms with Crippen LogP contribution in [0.25, 0.3) is 0 Å². The molecule has 3 N–H and O–H groups in total. The van der Waals surface area contributed by atoms with Crippen molar-refractivity contribution in [3.8, 4) is 11.5 Å². The van der Waals surface area contributed by atoms with Gasteiger partial charge >= 0.3 is 0 Å². The van der Waals surface area contributed by atoms with E-state index in [0.717, 1.165) is 23.6 Å². The zero-order valence-electron chi connectivity index (χ0n) is 16.2. The monoisotopic (exact) mass is 478 g/mol. The fourth-order valence-corrected chi connectivity index (χ4v) is 2.18. The van der Waals surface area contributed by atoms with Gasteiger partial charge in [-0.1, -0.05) is 0 Å². The van der Waals surface area contributed by atoms with Crippen LogP contribution in [0.5, 0.6) is 11.5 Å². The molecule has 0 aromatic heterocycles. The van der Waals surface area contributed by atoms with Gasteiger partial charge in [-0.15, -0.1) is 24.0 Å². The van der Waals surface area contributed by atoms with E-state index in [1.165, 1.54) is 0 Å². The number of rotatable bonds is 9. The van der Waals surface area contributed by atoms with Crippen molar-refractivity contribution in [2.45, 2.75) is 39.8 Å². The summed E-state index contributed by atoms with van der Waals surface area (Å²) in [6, 6.07) is 5.80. The van der Waals surface area contributed by atoms with E-state index in [1.54, 1.807) is 14.2 Å². The Labute approximate surface area is 173 Å². The molecule has 0 saturated heterocycles. The number of carbonyl (C=O) groups is 1. The standard InChI is InChI=1S/C18H30N4O3.HI/c1-6-19-18(20-10-9-17(23)22-13(2)3)21-12-14-7-8-15(24-4)11-16(14)25-5;/h7-8,11,13H,6,9-10,12H2,1-5H3,(H,22,23)(H2,19,20,21);1H. The maximum absolute atomic E-state index is 11.7. The highest BCUT2D eigenvalue weighted by Gasteiger charge is 2.06. The molecule has 0 aliphatic carbocycles. The Kier molecular flexibility index (Phi) is 12.6. The predicted octanol–water partition coefficient (Wildman–Crippen LogP) is 2.29. The number of benzene rings is 1. The van der Waals surface area contributed by atoms with Crippen LogP contribution in [0.15, 0.2) is 23.2 Å². The average Bonchev–Trinajstić information content (AvgIpc) is 2.58. The molecule has 0 bridgehead atoms. The molecule has 0 unspecified atom stereocenters. The van der Waals surface area contributed by atoms with E-state index >= 15 is 0 Å². The van der Waals surface area contributed by atoms with Crippen LogP contribution in [0.1, 0.15) is 32.8 Å². The third-order valence-electron chi connectivity index (χ3n) is 3.34. The van der Waals surface area contributed by atoms with Gasteiger partial charge in [-0.25, -0.2) is 4.99 Å². The van der Waals surface area contributed by atoms with E-state index < -0.39 is 0 Å². The van der Waals surface area contributed by atoms with Crippen LogP contribution in [0.2, 0.25) is 0 Å². The average molecular weight is 478 g/mol. The number of guanidine groups is 1. The van der Waals surface area contributed by atoms with Gasteiger partial charge in [0.2, 0.25) is 5.91 Å². The van der Waals surface area contributed by atoms with Gasteiger partial charge in [-0.05, 0) is 32.9 Å². The van der Waals surface area contributed by atoms with Gasteiger partial charge < -0.3 is 25.4 Å². The van der Waals surface area contributed by atoms with Crippen LogP contribution < -0.4 is 25.4 Å². The van der Waals surface area contributed by atoms with E-state index in [9.17, 15) is 4.79 Å². The number of amides is 1. The minimum Gasteiger partial charge on any atom is -0.497 e. The zero-order valence-corrected chi connectivity index (χ0v) is 18.5. The van der Waals surface area contributed by atoms with Gasteiger partial charge in [-0.3, -0.25) is 4.79 Å². The third-order valence-corrected chi connectivity index (χ3v) is 3.34. The molecular weight excluding hydrogens is 447 g/mol. The van der Waals surface area contributed by atoms with E-state index in [4.69, 9.17) is 9.47 Å². The van der Waals surface area contributed by atoms with Gasteiger partial charge in [0.25, 0.3) is 0 Å². The lowest BCUT2D eigenvalue weighted by atomic mass is 10.2. The van der Waals surface area contributed by atoms with E-state index in [1.807, 2.05) is 39.0 Å². The molecule has 1 aromatic rings. The van der Waals surface area contributed by atoms with Gasteiger partial charge in [0.1, 0.15) is 11.5 Å². The van der Waals surface area contributed by atoms with E-state index in [2.05, 4.69) is 20.9 Å². The molecule has 8 heteroatoms. The molecule has 0 spiro atoms. The topological polar surface area (TPSA) is 84.0 Å². The van der Waals surface area contributed by atoms with Crippen molar-refractivity contribution in [3.05, 3.63) is 23.8 Å². The number of aliphatic imine (C=N–C) groups is 1. The summed E-state index contributed by atoms with van der Waals surface area (Å²) in [5, 5.41) is 9.20. The van der Waals surface area contributed by atoms with E-state index in [0.29, 0.717) is 25.5 Å². The molecule has 148 valence electrons. The highest BCUT2D eigenvalue weighted by Crippen LogP contribution is 2.25. The lowest BCUT2D eigenvalue weighted by Gasteiger charge is -2.13. The number of hydrogen-bond acceptors (Lipinski definition) is 4. The second-order valence-corrected chi connectivity index (χ2v) is 5.77. The van der Waals surface area contributed by atoms with Crippen molar-refractivity contribution in [2.75, 3.05) is 27.3 Å². The zero-order chi connectivity index (χ0) is 18.7. The Morgan fingerprint density at radius 2 is 1.92 bits per heavy atom. The Morgan fingerprint density at radius 3 is 2.50 bits per heavy atom. The maximum Gasteiger partial charge on any atom is 0.221 e. The fraction of sp³-hybridized carbons (Fsp3) is 0.556. The molecule has 1 aromatic carbocycles. The van der Waals surface area contributed by atoms with Crippen LogP contribution in [-0.2, 0) is 11.3 Å². The second kappa shape index (κ2) is 13.5. The number of hydrogen-bond donors (Lipinski definition) is 3. The van der Waals surface area contributed by atoms with E-state index in [-0.39, 0.29) is 35.9 Å². The number of carbonyl (C=O) groups excluding carboxylic acids is 1. The van der Waals surface area contributed by atoms with Crippen LogP contribution in [0.4, 0.5) is 0 Å². The minimum absolute atomic E-state index is 0. The summed E-state index contributed by atoms with van der Waals surface area (Å²) >= 11 is 0. The molecule has 0 aliphatic heterocycles. The number of methoxy groups -OCH3 is 2. The SMILES string of the molecule is CCNC(=NCc1ccc(OC)cc1OC)NCCC(=O)NC(C)C.I. The third kappa shape index (κ3) is 9.12. The number of halogens is 1. The summed E-state index contributed by atoms with van der Waals surface area (Å²) < 4.78 is 10.6. The molecule has 1 rings (SSSR count). The van der Waals surface area contributed by atoms with Gasteiger partial charge in [0.15, 0.2) is 5.96 Å². The first-order valence-corrected chi connectivity index (χ1v) is 8.52. The predicted molar refractivity (Wildman–Crippen MR) is 116 cm³/mol. The largest absolute Gasteiger partial charge is 0.497 e. The summed E-state index contributed by atoms with van der Waals surface area (Å²) in [7, 11) is 3.24. The van der Waals surface area contributed by atoms with Crippen LogP contribution >= 0.6 is 24.0 Å². The molecule has 26 heavy (non-hydrogen) atoms. The lowest BCUT2D eigenvalue weighted by Crippen LogP contribution is -2.40. The summed E-state index contributed by atoms with van der Waals surface area (Å²) in [6.45, 7) is 7.60. The number of ether oxygens (including phenoxy) is 2. The van der Waals surface area contributed by atoms with Crippen molar-refractivity contribution in [2.24, 2.45) is 4.99 Å². The van der Waals surface area contributed by atoms with Crippen molar-refractivity contribution < 1.29 is 14.3 Å². The Hall–Kier alpha value is -1.71. The van der Waals surface area contributed by atoms with Crippen LogP contribution in [-0.4, -0.2) is 45.2 Å². The summed E-state index contributed by atoms with van der Waals surface area (Å²) in [5.41, 5.74) is 0.957. The van der Waals surface area contributed by atoms with Crippen molar-refractivity contribution in [1.82, 2.24) is 16.0 Å². The minimum atomic E-state index is 0. The Bertz CT molecular complexity index is 580. The second-order valence-electron chi connectivity index (χ2n) is 5.77. The highest BCUT2D eigenvalue weighted by molar-refractivity contribution is 14.0. The quantitative estimate of drug-likeness (QED) is 0.288. The van der Waals surface area contributed by atoms with Gasteiger partial charge in [-0.2, -0.15) is 0 Å². The summed E-state index contributed by atoms with van der Waals surface area (Å²) in [4.78, 5) is 16.2. The number of nitrogens with zero attached hydrogens (tertiary/aromatic N) is 1. The smallest absolute Gasteiger partial charge is 0.221 e. The first-order valence-electron chi connectivity index (χ1n) is 8.52. The van der Waals surface area contributed by atoms with Crippen LogP contribution in [0.3, 0.4) is 0 Å². The Balaban J connectivity index is 0.00000625. The Morgan fingerprint density at radius 1 is 1.19 bits per heavy atom. The molecule has 0 atom stereocenters. The van der Waals surface area contributed by atoms with Crippen molar-refractivity contribution >= 4 is 35.8 Å². The summed E-state index contributed by atoms with van der Waals surface area (Å²) in [6.07, 6.45) is 0.397. The fourth-order valence-electron chi connectivity index (χ4n) is 2.18. The molecule has 0 aliphatic rings. The molecular formula is C18H31IN4O3. The van der Waals surface area contributed by atoms with Gasteiger partial charge in [0, 0.05) is 37.2 Å². The normalized spacial score (nSPS) is 10.8.